The van der Waals surface area contributed by atoms with Crippen LogP contribution in [0.15, 0.2) is 18.2 Å². The number of halogens is 3. The number of aromatic nitrogens is 4. The lowest BCUT2D eigenvalue weighted by Crippen LogP contribution is -2.49. The number of aryl methyl sites for hydroxylation is 3. The van der Waals surface area contributed by atoms with E-state index in [2.05, 4.69) is 20.2 Å². The number of rotatable bonds is 7. The number of nitrogens with zero attached hydrogens (tertiary/aromatic N) is 4. The first-order chi connectivity index (χ1) is 18.1. The standard InChI is InChI=1S/C25H25F3N6O3S/c1-13-20(38-33-31-13)23(36)29-21-19-18(32-34(21)9-7-14-2-3-14)11-24(30-22(19)35)8-6-15-10-16(4-5-17(15)24)37-12-25(26,27)28/h4-5,10,14H,2-3,6-9,11-12H2,1H3,(H,29,36)(H,30,35)/t24-/m0/s1. The van der Waals surface area contributed by atoms with Crippen LogP contribution in [0.2, 0.25) is 0 Å². The first kappa shape index (κ1) is 24.8. The molecular weight excluding hydrogens is 521 g/mol. The third-order valence-electron chi connectivity index (χ3n) is 7.43. The van der Waals surface area contributed by atoms with Crippen molar-refractivity contribution < 1.29 is 27.5 Å². The molecule has 1 spiro atoms. The van der Waals surface area contributed by atoms with Crippen LogP contribution in [-0.4, -0.2) is 44.0 Å². The Bertz CT molecular complexity index is 1430. The normalized spacial score (nSPS) is 20.3. The number of hydrogen-bond donors (Lipinski definition) is 2. The average molecular weight is 547 g/mol. The summed E-state index contributed by atoms with van der Waals surface area (Å²) in [5.74, 6) is 0.397. The molecule has 0 radical (unpaired) electrons. The van der Waals surface area contributed by atoms with Crippen LogP contribution in [0.25, 0.3) is 0 Å². The molecule has 1 aliphatic heterocycles. The monoisotopic (exact) mass is 546 g/mol. The lowest BCUT2D eigenvalue weighted by atomic mass is 9.82. The first-order valence-corrected chi connectivity index (χ1v) is 13.2. The van der Waals surface area contributed by atoms with E-state index in [1.165, 1.54) is 18.9 Å². The molecule has 1 fully saturated rings. The maximum atomic E-state index is 13.6. The Hall–Kier alpha value is -3.48. The fourth-order valence-electron chi connectivity index (χ4n) is 5.38. The molecule has 200 valence electrons. The molecular formula is C25H25F3N6O3S. The van der Waals surface area contributed by atoms with Gasteiger partial charge in [-0.15, -0.1) is 5.10 Å². The molecule has 3 aromatic rings. The van der Waals surface area contributed by atoms with Crippen molar-refractivity contribution in [1.82, 2.24) is 24.7 Å². The van der Waals surface area contributed by atoms with E-state index in [0.29, 0.717) is 59.4 Å². The average Bonchev–Trinajstić information content (AvgIpc) is 3.35. The van der Waals surface area contributed by atoms with E-state index in [1.807, 2.05) is 0 Å². The molecule has 1 aromatic carbocycles. The second-order valence-electron chi connectivity index (χ2n) is 10.2. The number of carbonyl (C=O) groups excluding carboxylic acids is 2. The molecule has 6 rings (SSSR count). The van der Waals surface area contributed by atoms with Crippen molar-refractivity contribution in [3.8, 4) is 5.75 Å². The Balaban J connectivity index is 1.30. The Kier molecular flexibility index (Phi) is 5.93. The zero-order valence-electron chi connectivity index (χ0n) is 20.5. The van der Waals surface area contributed by atoms with Crippen molar-refractivity contribution in [3.05, 3.63) is 51.2 Å². The first-order valence-electron chi connectivity index (χ1n) is 12.5. The minimum absolute atomic E-state index is 0.142. The van der Waals surface area contributed by atoms with Crippen LogP contribution < -0.4 is 15.4 Å². The quantitative estimate of drug-likeness (QED) is 0.460. The summed E-state index contributed by atoms with van der Waals surface area (Å²) in [5.41, 5.74) is 2.40. The van der Waals surface area contributed by atoms with Gasteiger partial charge in [0.1, 0.15) is 22.0 Å². The van der Waals surface area contributed by atoms with Crippen LogP contribution in [0.4, 0.5) is 19.0 Å². The highest BCUT2D eigenvalue weighted by Crippen LogP contribution is 2.44. The minimum atomic E-state index is -4.42. The highest BCUT2D eigenvalue weighted by Gasteiger charge is 2.47. The van der Waals surface area contributed by atoms with Crippen LogP contribution in [0, 0.1) is 12.8 Å². The zero-order chi connectivity index (χ0) is 26.7. The molecule has 2 aromatic heterocycles. The molecule has 2 amide bonds. The van der Waals surface area contributed by atoms with Crippen molar-refractivity contribution in [2.75, 3.05) is 11.9 Å². The summed E-state index contributed by atoms with van der Waals surface area (Å²) in [6.45, 7) is 0.913. The maximum absolute atomic E-state index is 13.6. The summed E-state index contributed by atoms with van der Waals surface area (Å²) in [5, 5.41) is 14.7. The summed E-state index contributed by atoms with van der Waals surface area (Å²) in [6.07, 6.45) is 0.392. The van der Waals surface area contributed by atoms with Gasteiger partial charge in [-0.1, -0.05) is 23.4 Å². The number of ether oxygens (including phenoxy) is 1. The Labute approximate surface area is 219 Å². The van der Waals surface area contributed by atoms with Gasteiger partial charge in [-0.3, -0.25) is 9.59 Å². The number of hydrogen-bond acceptors (Lipinski definition) is 7. The van der Waals surface area contributed by atoms with Gasteiger partial charge in [0.25, 0.3) is 11.8 Å². The second kappa shape index (κ2) is 9.07. The molecule has 1 atom stereocenters. The molecule has 3 aliphatic rings. The highest BCUT2D eigenvalue weighted by atomic mass is 32.1. The Morgan fingerprint density at radius 3 is 2.87 bits per heavy atom. The largest absolute Gasteiger partial charge is 0.484 e. The van der Waals surface area contributed by atoms with Gasteiger partial charge in [-0.2, -0.15) is 18.3 Å². The zero-order valence-corrected chi connectivity index (χ0v) is 21.3. The third kappa shape index (κ3) is 4.63. The summed E-state index contributed by atoms with van der Waals surface area (Å²) in [6, 6.07) is 4.85. The Morgan fingerprint density at radius 2 is 2.16 bits per heavy atom. The molecule has 1 saturated carbocycles. The number of alkyl halides is 3. The van der Waals surface area contributed by atoms with Crippen molar-refractivity contribution in [3.63, 3.8) is 0 Å². The fourth-order valence-corrected chi connectivity index (χ4v) is 5.93. The molecule has 0 unspecified atom stereocenters. The van der Waals surface area contributed by atoms with Crippen molar-refractivity contribution >= 4 is 29.2 Å². The van der Waals surface area contributed by atoms with Gasteiger partial charge in [0.05, 0.1) is 16.9 Å². The maximum Gasteiger partial charge on any atom is 0.422 e. The number of anilines is 1. The van der Waals surface area contributed by atoms with Crippen LogP contribution in [0.1, 0.15) is 68.2 Å². The third-order valence-corrected chi connectivity index (χ3v) is 8.25. The topological polar surface area (TPSA) is 111 Å². The van der Waals surface area contributed by atoms with Crippen LogP contribution in [0.3, 0.4) is 0 Å². The molecule has 0 saturated heterocycles. The molecule has 0 bridgehead atoms. The van der Waals surface area contributed by atoms with E-state index < -0.39 is 24.2 Å². The van der Waals surface area contributed by atoms with E-state index in [1.54, 1.807) is 23.7 Å². The van der Waals surface area contributed by atoms with Gasteiger partial charge < -0.3 is 15.4 Å². The number of carbonyl (C=O) groups is 2. The van der Waals surface area contributed by atoms with Crippen LogP contribution in [-0.2, 0) is 24.9 Å². The van der Waals surface area contributed by atoms with E-state index >= 15 is 0 Å². The van der Waals surface area contributed by atoms with Gasteiger partial charge >= 0.3 is 6.18 Å². The lowest BCUT2D eigenvalue weighted by Gasteiger charge is -2.35. The smallest absolute Gasteiger partial charge is 0.422 e. The van der Waals surface area contributed by atoms with E-state index in [4.69, 9.17) is 9.84 Å². The number of benzene rings is 1. The summed E-state index contributed by atoms with van der Waals surface area (Å²) in [7, 11) is 0. The molecule has 2 N–H and O–H groups in total. The van der Waals surface area contributed by atoms with E-state index in [0.717, 1.165) is 29.1 Å². The molecule has 2 aliphatic carbocycles. The van der Waals surface area contributed by atoms with Gasteiger partial charge in [-0.05, 0) is 66.9 Å². The summed E-state index contributed by atoms with van der Waals surface area (Å²) < 4.78 is 48.2. The predicted octanol–water partition coefficient (Wildman–Crippen LogP) is 4.16. The lowest BCUT2D eigenvalue weighted by molar-refractivity contribution is -0.153. The van der Waals surface area contributed by atoms with E-state index in [-0.39, 0.29) is 11.7 Å². The van der Waals surface area contributed by atoms with Crippen molar-refractivity contribution in [2.24, 2.45) is 5.92 Å². The van der Waals surface area contributed by atoms with Gasteiger partial charge in [0.15, 0.2) is 6.61 Å². The minimum Gasteiger partial charge on any atom is -0.484 e. The second-order valence-corrected chi connectivity index (χ2v) is 11.0. The molecule has 13 heteroatoms. The van der Waals surface area contributed by atoms with Crippen LogP contribution in [0.5, 0.6) is 5.75 Å². The van der Waals surface area contributed by atoms with Gasteiger partial charge in [0.2, 0.25) is 0 Å². The predicted molar refractivity (Wildman–Crippen MR) is 131 cm³/mol. The highest BCUT2D eigenvalue weighted by molar-refractivity contribution is 7.08. The molecule has 38 heavy (non-hydrogen) atoms. The molecule has 3 heterocycles. The number of amides is 2. The van der Waals surface area contributed by atoms with Crippen LogP contribution >= 0.6 is 11.5 Å². The summed E-state index contributed by atoms with van der Waals surface area (Å²) in [4.78, 5) is 27.0. The number of fused-ring (bicyclic) bond motifs is 3. The molecule has 9 nitrogen and oxygen atoms in total. The Morgan fingerprint density at radius 1 is 1.34 bits per heavy atom. The van der Waals surface area contributed by atoms with Crippen molar-refractivity contribution in [1.29, 1.82) is 0 Å². The van der Waals surface area contributed by atoms with Crippen molar-refractivity contribution in [2.45, 2.75) is 63.7 Å². The fraction of sp³-hybridized carbons (Fsp3) is 0.480. The SMILES string of the molecule is Cc1nnsc1C(=O)Nc1c2c(nn1CCC1CC1)C[C@]1(CCc3cc(OCC(F)(F)F)ccc31)NC2=O. The summed E-state index contributed by atoms with van der Waals surface area (Å²) >= 11 is 0.989. The number of nitrogens with one attached hydrogen (secondary N) is 2. The van der Waals surface area contributed by atoms with E-state index in [9.17, 15) is 22.8 Å². The van der Waals surface area contributed by atoms with Gasteiger partial charge in [0, 0.05) is 13.0 Å². The van der Waals surface area contributed by atoms with Gasteiger partial charge in [-0.25, -0.2) is 4.68 Å².